The molecule has 4 saturated carbocycles. The Bertz CT molecular complexity index is 1070. The average Bonchev–Trinajstić information content (AvgIpc) is 2.96. The molecule has 5 aliphatic rings. The molecule has 0 bridgehead atoms. The van der Waals surface area contributed by atoms with Gasteiger partial charge in [-0.25, -0.2) is 0 Å². The number of unbranched alkanes of at least 4 members (excludes halogenated alkanes) is 9. The summed E-state index contributed by atoms with van der Waals surface area (Å²) in [5.74, 6) is 1.48. The smallest absolute Gasteiger partial charge is 0.303 e. The van der Waals surface area contributed by atoms with Crippen molar-refractivity contribution in [3.05, 3.63) is 11.6 Å². The van der Waals surface area contributed by atoms with E-state index < -0.39 is 5.97 Å². The highest BCUT2D eigenvalue weighted by atomic mass is 16.4. The van der Waals surface area contributed by atoms with Crippen LogP contribution in [0, 0.1) is 50.2 Å². The summed E-state index contributed by atoms with van der Waals surface area (Å²) in [6.45, 7) is 18.0. The summed E-state index contributed by atoms with van der Waals surface area (Å²) < 4.78 is 0. The number of aliphatic hydroxyl groups is 1. The fourth-order valence-electron chi connectivity index (χ4n) is 12.9. The fourth-order valence-corrected chi connectivity index (χ4v) is 12.9. The van der Waals surface area contributed by atoms with Crippen LogP contribution in [0.3, 0.4) is 0 Å². The lowest BCUT2D eigenvalue weighted by Crippen LogP contribution is -2.64. The lowest BCUT2D eigenvalue weighted by Gasteiger charge is -2.71. The first kappa shape index (κ1) is 35.5. The Balaban J connectivity index is 1.22. The van der Waals surface area contributed by atoms with Crippen molar-refractivity contribution in [3.8, 4) is 0 Å². The van der Waals surface area contributed by atoms with Crippen LogP contribution in [0.2, 0.25) is 0 Å². The van der Waals surface area contributed by atoms with Gasteiger partial charge in [-0.2, -0.15) is 0 Å². The van der Waals surface area contributed by atoms with Gasteiger partial charge in [-0.1, -0.05) is 118 Å². The number of carbonyl (C=O) groups is 1. The Kier molecular flexibility index (Phi) is 10.4. The van der Waals surface area contributed by atoms with Crippen molar-refractivity contribution in [1.82, 2.24) is 0 Å². The number of rotatable bonds is 13. The van der Waals surface area contributed by atoms with Crippen LogP contribution in [0.25, 0.3) is 0 Å². The number of hydrogen-bond acceptors (Lipinski definition) is 2. The van der Waals surface area contributed by atoms with Crippen LogP contribution in [0.4, 0.5) is 0 Å². The minimum Gasteiger partial charge on any atom is -0.481 e. The predicted molar refractivity (Wildman–Crippen MR) is 188 cm³/mol. The molecule has 0 spiro atoms. The minimum atomic E-state index is -0.652. The van der Waals surface area contributed by atoms with Crippen molar-refractivity contribution in [2.45, 2.75) is 196 Å². The number of fused-ring (bicyclic) bond motifs is 7. The maximum absolute atomic E-state index is 11.1. The molecule has 4 fully saturated rings. The largest absolute Gasteiger partial charge is 0.481 e. The molecule has 0 aromatic heterocycles. The zero-order valence-corrected chi connectivity index (χ0v) is 30.7. The Morgan fingerprint density at radius 2 is 1.33 bits per heavy atom. The topological polar surface area (TPSA) is 57.5 Å². The fraction of sp³-hybridized carbons (Fsp3) is 0.929. The normalized spacial score (nSPS) is 41.6. The molecule has 0 radical (unpaired) electrons. The van der Waals surface area contributed by atoms with E-state index >= 15 is 0 Å². The molecular weight excluding hydrogens is 552 g/mol. The monoisotopic (exact) mass is 625 g/mol. The highest BCUT2D eigenvalue weighted by Crippen LogP contribution is 2.76. The number of allylic oxidation sites excluding steroid dienone is 2. The van der Waals surface area contributed by atoms with Crippen LogP contribution in [0.15, 0.2) is 11.6 Å². The molecule has 2 N–H and O–H groups in total. The first-order valence-corrected chi connectivity index (χ1v) is 19.7. The van der Waals surface area contributed by atoms with E-state index in [0.717, 1.165) is 31.1 Å². The van der Waals surface area contributed by atoms with Gasteiger partial charge in [0.2, 0.25) is 0 Å². The zero-order valence-electron chi connectivity index (χ0n) is 30.7. The van der Waals surface area contributed by atoms with E-state index in [1.54, 1.807) is 0 Å². The van der Waals surface area contributed by atoms with E-state index in [2.05, 4.69) is 54.5 Å². The molecule has 45 heavy (non-hydrogen) atoms. The second-order valence-electron chi connectivity index (χ2n) is 19.4. The Labute approximate surface area is 278 Å². The number of aliphatic carboxylic acids is 1. The Hall–Kier alpha value is -0.830. The molecule has 3 nitrogen and oxygen atoms in total. The van der Waals surface area contributed by atoms with Crippen molar-refractivity contribution in [2.24, 2.45) is 50.2 Å². The molecule has 0 amide bonds. The summed E-state index contributed by atoms with van der Waals surface area (Å²) in [5.41, 5.74) is 3.92. The zero-order chi connectivity index (χ0) is 32.7. The van der Waals surface area contributed by atoms with Crippen LogP contribution < -0.4 is 0 Å². The van der Waals surface area contributed by atoms with Gasteiger partial charge in [0.25, 0.3) is 0 Å². The minimum absolute atomic E-state index is 0.0255. The van der Waals surface area contributed by atoms with Gasteiger partial charge >= 0.3 is 5.97 Å². The van der Waals surface area contributed by atoms with Gasteiger partial charge in [-0.05, 0) is 127 Å². The van der Waals surface area contributed by atoms with Crippen molar-refractivity contribution in [2.75, 3.05) is 0 Å². The third-order valence-corrected chi connectivity index (χ3v) is 16.1. The Morgan fingerprint density at radius 3 is 1.98 bits per heavy atom. The summed E-state index contributed by atoms with van der Waals surface area (Å²) in [6, 6.07) is 0. The van der Waals surface area contributed by atoms with E-state index in [9.17, 15) is 9.90 Å². The van der Waals surface area contributed by atoms with Crippen molar-refractivity contribution in [1.29, 1.82) is 0 Å². The third-order valence-electron chi connectivity index (χ3n) is 16.1. The van der Waals surface area contributed by atoms with E-state index in [1.165, 1.54) is 116 Å². The summed E-state index contributed by atoms with van der Waals surface area (Å²) in [4.78, 5) is 10.7. The number of carboxylic acids is 1. The summed E-state index contributed by atoms with van der Waals surface area (Å²) in [5, 5.41) is 19.9. The standard InChI is InChI=1S/C42H72O3/c1-37(2)26-28-42(23-17-15-13-11-9-8-10-12-14-16-18-36(44)45)29-27-40(6)31(32(42)30-37)19-20-34-39(5)24-22-35(43)38(3,4)33(39)21-25-41(34,40)7/h19,32-35,43H,8-18,20-30H2,1-7H3,(H,44,45)/t32-,33-,34+,35-,39-,40+,41+,42+/m0/s1. The maximum Gasteiger partial charge on any atom is 0.303 e. The first-order chi connectivity index (χ1) is 21.1. The molecule has 0 aliphatic heterocycles. The van der Waals surface area contributed by atoms with Crippen LogP contribution in [-0.4, -0.2) is 22.3 Å². The second-order valence-corrected chi connectivity index (χ2v) is 19.4. The molecule has 0 aromatic carbocycles. The first-order valence-electron chi connectivity index (χ1n) is 19.7. The quantitative estimate of drug-likeness (QED) is 0.158. The van der Waals surface area contributed by atoms with E-state index in [4.69, 9.17) is 5.11 Å². The van der Waals surface area contributed by atoms with Gasteiger partial charge in [-0.3, -0.25) is 4.79 Å². The third kappa shape index (κ3) is 6.49. The van der Waals surface area contributed by atoms with Crippen molar-refractivity contribution in [3.63, 3.8) is 0 Å². The molecule has 5 rings (SSSR count). The Morgan fingerprint density at radius 1 is 0.733 bits per heavy atom. The lowest BCUT2D eigenvalue weighted by molar-refractivity contribution is -0.203. The van der Waals surface area contributed by atoms with E-state index in [-0.39, 0.29) is 11.5 Å². The predicted octanol–water partition coefficient (Wildman–Crippen LogP) is 11.9. The van der Waals surface area contributed by atoms with Crippen LogP contribution in [-0.2, 0) is 4.79 Å². The maximum atomic E-state index is 11.1. The van der Waals surface area contributed by atoms with Crippen molar-refractivity contribution < 1.29 is 15.0 Å². The molecule has 0 unspecified atom stereocenters. The highest BCUT2D eigenvalue weighted by Gasteiger charge is 2.68. The summed E-state index contributed by atoms with van der Waals surface area (Å²) in [7, 11) is 0. The lowest BCUT2D eigenvalue weighted by atomic mass is 9.33. The summed E-state index contributed by atoms with van der Waals surface area (Å²) in [6.07, 6.45) is 30.2. The molecule has 5 aliphatic carbocycles. The average molecular weight is 625 g/mol. The van der Waals surface area contributed by atoms with Crippen LogP contribution in [0.5, 0.6) is 0 Å². The number of aliphatic hydroxyl groups excluding tert-OH is 1. The SMILES string of the molecule is CC1(C)CC[C@]2(CCCCCCCCCCCCC(=O)O)CC[C@]3(C)C(=CC[C@@H]4[C@@]5(C)CC[C@H](O)C(C)(C)[C@@H]5CC[C@]43C)[C@@H]2C1. The van der Waals surface area contributed by atoms with Gasteiger partial charge < -0.3 is 10.2 Å². The van der Waals surface area contributed by atoms with Crippen LogP contribution >= 0.6 is 0 Å². The summed E-state index contributed by atoms with van der Waals surface area (Å²) >= 11 is 0. The molecule has 3 heteroatoms. The molecule has 8 atom stereocenters. The molecular formula is C42H72O3. The number of hydrogen-bond donors (Lipinski definition) is 2. The van der Waals surface area contributed by atoms with Gasteiger partial charge in [0.15, 0.2) is 0 Å². The second kappa shape index (κ2) is 13.2. The van der Waals surface area contributed by atoms with Crippen LogP contribution in [0.1, 0.15) is 190 Å². The van der Waals surface area contributed by atoms with Gasteiger partial charge in [0, 0.05) is 6.42 Å². The van der Waals surface area contributed by atoms with Gasteiger partial charge in [-0.15, -0.1) is 0 Å². The van der Waals surface area contributed by atoms with E-state index in [0.29, 0.717) is 39.4 Å². The van der Waals surface area contributed by atoms with Crippen molar-refractivity contribution >= 4 is 5.97 Å². The molecule has 258 valence electrons. The molecule has 0 aromatic rings. The highest BCUT2D eigenvalue weighted by molar-refractivity contribution is 5.66. The molecule has 0 heterocycles. The molecule has 0 saturated heterocycles. The van der Waals surface area contributed by atoms with Gasteiger partial charge in [0.05, 0.1) is 6.10 Å². The number of carboxylic acid groups (broad SMARTS) is 1. The van der Waals surface area contributed by atoms with Gasteiger partial charge in [0.1, 0.15) is 0 Å². The van der Waals surface area contributed by atoms with E-state index in [1.807, 2.05) is 5.57 Å².